The van der Waals surface area contributed by atoms with Crippen LogP contribution in [0.1, 0.15) is 37.2 Å². The smallest absolute Gasteiger partial charge is 0.276 e. The number of carbonyl (C=O) groups is 1. The van der Waals surface area contributed by atoms with E-state index in [2.05, 4.69) is 10.4 Å². The average Bonchev–Trinajstić information content (AvgIpc) is 2.90. The second-order valence-corrected chi connectivity index (χ2v) is 7.16. The Kier molecular flexibility index (Phi) is 5.63. The number of benzene rings is 1. The molecule has 28 heavy (non-hydrogen) atoms. The van der Waals surface area contributed by atoms with E-state index >= 15 is 0 Å². The summed E-state index contributed by atoms with van der Waals surface area (Å²) >= 11 is 0. The molecule has 0 spiro atoms. The molecule has 2 heterocycles. The molecule has 148 valence electrons. The fraction of sp³-hybridized carbons (Fsp3) is 0.381. The summed E-state index contributed by atoms with van der Waals surface area (Å²) in [4.78, 5) is 25.1. The number of hydrogen-bond acceptors (Lipinski definition) is 3. The molecule has 0 saturated carbocycles. The van der Waals surface area contributed by atoms with Crippen LogP contribution in [-0.4, -0.2) is 26.3 Å². The van der Waals surface area contributed by atoms with Gasteiger partial charge in [0.25, 0.3) is 5.56 Å². The summed E-state index contributed by atoms with van der Waals surface area (Å²) in [7, 11) is 0. The molecule has 0 saturated heterocycles. The van der Waals surface area contributed by atoms with Crippen LogP contribution in [0, 0.1) is 19.7 Å². The Balaban J connectivity index is 1.96. The van der Waals surface area contributed by atoms with Crippen LogP contribution in [0.25, 0.3) is 10.8 Å². The van der Waals surface area contributed by atoms with Crippen molar-refractivity contribution in [2.45, 2.75) is 53.2 Å². The summed E-state index contributed by atoms with van der Waals surface area (Å²) in [6.07, 6.45) is 2.45. The van der Waals surface area contributed by atoms with Gasteiger partial charge in [0.1, 0.15) is 12.4 Å². The summed E-state index contributed by atoms with van der Waals surface area (Å²) in [5, 5.41) is 8.37. The van der Waals surface area contributed by atoms with Gasteiger partial charge in [0.2, 0.25) is 5.91 Å². The standard InChI is InChI=1S/C21H25FN4O2/c1-5-13(2)24-19(27)12-26-21(28)20-15(4)25(14(3)18(20)10-23-26)11-16-6-8-17(22)9-7-16/h6-10,13H,5,11-12H2,1-4H3,(H,24,27)/t13-/m0/s1. The van der Waals surface area contributed by atoms with E-state index in [9.17, 15) is 14.0 Å². The van der Waals surface area contributed by atoms with Crippen molar-refractivity contribution in [1.29, 1.82) is 0 Å². The molecule has 1 amide bonds. The third-order valence-corrected chi connectivity index (χ3v) is 5.17. The fourth-order valence-corrected chi connectivity index (χ4v) is 3.33. The Labute approximate surface area is 163 Å². The van der Waals surface area contributed by atoms with Crippen molar-refractivity contribution in [2.75, 3.05) is 0 Å². The first-order valence-electron chi connectivity index (χ1n) is 9.41. The van der Waals surface area contributed by atoms with Crippen molar-refractivity contribution >= 4 is 16.7 Å². The number of aryl methyl sites for hydroxylation is 2. The van der Waals surface area contributed by atoms with Crippen LogP contribution < -0.4 is 10.9 Å². The molecule has 0 aliphatic heterocycles. The van der Waals surface area contributed by atoms with E-state index in [1.54, 1.807) is 18.3 Å². The molecular weight excluding hydrogens is 359 g/mol. The minimum atomic E-state index is -0.282. The van der Waals surface area contributed by atoms with Gasteiger partial charge in [-0.05, 0) is 44.9 Å². The molecule has 0 fully saturated rings. The first kappa shape index (κ1) is 19.8. The van der Waals surface area contributed by atoms with Gasteiger partial charge < -0.3 is 9.88 Å². The highest BCUT2D eigenvalue weighted by molar-refractivity contribution is 5.87. The summed E-state index contributed by atoms with van der Waals surface area (Å²) in [6.45, 7) is 8.13. The van der Waals surface area contributed by atoms with E-state index in [1.165, 1.54) is 16.8 Å². The molecule has 0 unspecified atom stereocenters. The third kappa shape index (κ3) is 3.83. The molecule has 0 radical (unpaired) electrons. The number of halogens is 1. The predicted octanol–water partition coefficient (Wildman–Crippen LogP) is 2.92. The zero-order chi connectivity index (χ0) is 20.4. The minimum absolute atomic E-state index is 0.0488. The molecule has 2 aromatic heterocycles. The van der Waals surface area contributed by atoms with Crippen molar-refractivity contribution in [3.05, 3.63) is 63.6 Å². The van der Waals surface area contributed by atoms with E-state index < -0.39 is 0 Å². The van der Waals surface area contributed by atoms with E-state index in [0.717, 1.165) is 28.8 Å². The Morgan fingerprint density at radius 1 is 1.21 bits per heavy atom. The SMILES string of the molecule is CC[C@H](C)NC(=O)Cn1ncc2c(C)n(Cc3ccc(F)cc3)c(C)c2c1=O. The van der Waals surface area contributed by atoms with Crippen molar-refractivity contribution in [2.24, 2.45) is 0 Å². The lowest BCUT2D eigenvalue weighted by Crippen LogP contribution is -2.37. The van der Waals surface area contributed by atoms with E-state index in [1.807, 2.05) is 32.3 Å². The van der Waals surface area contributed by atoms with Gasteiger partial charge >= 0.3 is 0 Å². The van der Waals surface area contributed by atoms with Gasteiger partial charge in [-0.3, -0.25) is 9.59 Å². The number of aromatic nitrogens is 3. The maximum Gasteiger partial charge on any atom is 0.276 e. The number of nitrogens with zero attached hydrogens (tertiary/aromatic N) is 3. The van der Waals surface area contributed by atoms with Gasteiger partial charge in [0.05, 0.1) is 11.6 Å². The topological polar surface area (TPSA) is 68.9 Å². The van der Waals surface area contributed by atoms with Gasteiger partial charge in [-0.15, -0.1) is 0 Å². The molecule has 1 N–H and O–H groups in total. The highest BCUT2D eigenvalue weighted by atomic mass is 19.1. The quantitative estimate of drug-likeness (QED) is 0.710. The lowest BCUT2D eigenvalue weighted by Gasteiger charge is -2.11. The monoisotopic (exact) mass is 384 g/mol. The van der Waals surface area contributed by atoms with E-state index in [4.69, 9.17) is 0 Å². The van der Waals surface area contributed by atoms with Crippen LogP contribution in [0.2, 0.25) is 0 Å². The van der Waals surface area contributed by atoms with Gasteiger partial charge in [0.15, 0.2) is 0 Å². The molecule has 0 aliphatic carbocycles. The minimum Gasteiger partial charge on any atom is -0.352 e. The maximum absolute atomic E-state index is 13.2. The predicted molar refractivity (Wildman–Crippen MR) is 107 cm³/mol. The van der Waals surface area contributed by atoms with Gasteiger partial charge in [-0.1, -0.05) is 19.1 Å². The summed E-state index contributed by atoms with van der Waals surface area (Å²) < 4.78 is 16.4. The van der Waals surface area contributed by atoms with Crippen LogP contribution in [0.4, 0.5) is 4.39 Å². The second kappa shape index (κ2) is 7.96. The van der Waals surface area contributed by atoms with Crippen LogP contribution in [0.5, 0.6) is 0 Å². The number of amides is 1. The van der Waals surface area contributed by atoms with Gasteiger partial charge in [-0.2, -0.15) is 5.10 Å². The lowest BCUT2D eigenvalue weighted by molar-refractivity contribution is -0.122. The number of nitrogens with one attached hydrogen (secondary N) is 1. The van der Waals surface area contributed by atoms with Gasteiger partial charge in [0, 0.05) is 29.4 Å². The molecular formula is C21H25FN4O2. The number of hydrogen-bond donors (Lipinski definition) is 1. The number of fused-ring (bicyclic) bond motifs is 1. The summed E-state index contributed by atoms with van der Waals surface area (Å²) in [5.41, 5.74) is 2.38. The third-order valence-electron chi connectivity index (χ3n) is 5.17. The van der Waals surface area contributed by atoms with Crippen LogP contribution >= 0.6 is 0 Å². The van der Waals surface area contributed by atoms with E-state index in [0.29, 0.717) is 11.9 Å². The first-order chi connectivity index (χ1) is 13.3. The van der Waals surface area contributed by atoms with Crippen LogP contribution in [0.3, 0.4) is 0 Å². The Morgan fingerprint density at radius 2 is 1.89 bits per heavy atom. The molecule has 3 rings (SSSR count). The van der Waals surface area contributed by atoms with Gasteiger partial charge in [-0.25, -0.2) is 9.07 Å². The van der Waals surface area contributed by atoms with Crippen molar-refractivity contribution in [3.8, 4) is 0 Å². The average molecular weight is 384 g/mol. The zero-order valence-electron chi connectivity index (χ0n) is 16.6. The lowest BCUT2D eigenvalue weighted by atomic mass is 10.2. The summed E-state index contributed by atoms with van der Waals surface area (Å²) in [6, 6.07) is 6.36. The summed E-state index contributed by atoms with van der Waals surface area (Å²) in [5.74, 6) is -0.513. The highest BCUT2D eigenvalue weighted by Crippen LogP contribution is 2.23. The van der Waals surface area contributed by atoms with E-state index in [-0.39, 0.29) is 29.9 Å². The van der Waals surface area contributed by atoms with Crippen molar-refractivity contribution < 1.29 is 9.18 Å². The molecule has 6 nitrogen and oxygen atoms in total. The normalized spacial score (nSPS) is 12.3. The number of rotatable bonds is 6. The molecule has 1 atom stereocenters. The molecule has 3 aromatic rings. The maximum atomic E-state index is 13.2. The second-order valence-electron chi connectivity index (χ2n) is 7.16. The zero-order valence-corrected chi connectivity index (χ0v) is 16.6. The number of carbonyl (C=O) groups excluding carboxylic acids is 1. The first-order valence-corrected chi connectivity index (χ1v) is 9.41. The molecule has 0 bridgehead atoms. The fourth-order valence-electron chi connectivity index (χ4n) is 3.33. The van der Waals surface area contributed by atoms with Crippen molar-refractivity contribution in [1.82, 2.24) is 19.7 Å². The van der Waals surface area contributed by atoms with Crippen molar-refractivity contribution in [3.63, 3.8) is 0 Å². The Hall–Kier alpha value is -2.96. The Morgan fingerprint density at radius 3 is 2.54 bits per heavy atom. The highest BCUT2D eigenvalue weighted by Gasteiger charge is 2.17. The van der Waals surface area contributed by atoms with Crippen LogP contribution in [-0.2, 0) is 17.9 Å². The molecule has 1 aromatic carbocycles. The Bertz CT molecular complexity index is 1070. The molecule has 0 aliphatic rings. The largest absolute Gasteiger partial charge is 0.352 e. The van der Waals surface area contributed by atoms with Crippen LogP contribution in [0.15, 0.2) is 35.3 Å². The molecule has 7 heteroatoms.